The summed E-state index contributed by atoms with van der Waals surface area (Å²) in [6.07, 6.45) is 1.26. The van der Waals surface area contributed by atoms with Crippen molar-refractivity contribution in [3.05, 3.63) is 41.7 Å². The van der Waals surface area contributed by atoms with Crippen LogP contribution in [0.3, 0.4) is 0 Å². The van der Waals surface area contributed by atoms with Gasteiger partial charge >= 0.3 is 0 Å². The van der Waals surface area contributed by atoms with Crippen molar-refractivity contribution in [1.82, 2.24) is 10.2 Å². The maximum atomic E-state index is 12.1. The number of hydrogen-bond donors (Lipinski definition) is 3. The Hall–Kier alpha value is -2.30. The molecule has 0 bridgehead atoms. The van der Waals surface area contributed by atoms with E-state index in [0.29, 0.717) is 16.9 Å². The van der Waals surface area contributed by atoms with Gasteiger partial charge in [0.1, 0.15) is 11.5 Å². The summed E-state index contributed by atoms with van der Waals surface area (Å²) in [4.78, 5) is 0.113. The number of anilines is 1. The zero-order valence-corrected chi connectivity index (χ0v) is 11.5. The van der Waals surface area contributed by atoms with Crippen LogP contribution < -0.4 is 4.72 Å². The first kappa shape index (κ1) is 14.1. The van der Waals surface area contributed by atoms with E-state index < -0.39 is 10.0 Å². The van der Waals surface area contributed by atoms with Crippen molar-refractivity contribution in [3.63, 3.8) is 0 Å². The summed E-state index contributed by atoms with van der Waals surface area (Å²) in [5.41, 5.74) is 1.60. The minimum Gasteiger partial charge on any atom is -0.384 e. The highest BCUT2D eigenvalue weighted by molar-refractivity contribution is 7.92. The Morgan fingerprint density at radius 1 is 1.35 bits per heavy atom. The molecule has 0 aliphatic carbocycles. The number of aryl methyl sites for hydroxylation is 1. The molecule has 2 rings (SSSR count). The number of H-pyrrole nitrogens is 1. The van der Waals surface area contributed by atoms with Gasteiger partial charge in [-0.25, -0.2) is 8.42 Å². The molecule has 1 aromatic heterocycles. The second-order valence-electron chi connectivity index (χ2n) is 4.00. The molecule has 0 radical (unpaired) electrons. The van der Waals surface area contributed by atoms with Crippen molar-refractivity contribution in [3.8, 4) is 11.8 Å². The molecule has 0 unspecified atom stereocenters. The van der Waals surface area contributed by atoms with Crippen molar-refractivity contribution < 1.29 is 13.5 Å². The van der Waals surface area contributed by atoms with Crippen LogP contribution in [0.15, 0.2) is 35.4 Å². The highest BCUT2D eigenvalue weighted by Crippen LogP contribution is 2.17. The first-order valence-corrected chi connectivity index (χ1v) is 7.24. The predicted molar refractivity (Wildman–Crippen MR) is 74.5 cm³/mol. The average molecular weight is 291 g/mol. The molecule has 3 N–H and O–H groups in total. The fraction of sp³-hybridized carbons (Fsp3) is 0.154. The third-order valence-electron chi connectivity index (χ3n) is 2.52. The number of rotatable bonds is 3. The van der Waals surface area contributed by atoms with Gasteiger partial charge in [0.25, 0.3) is 10.0 Å². The number of aromatic nitrogens is 2. The molecular weight excluding hydrogens is 278 g/mol. The number of aliphatic hydroxyl groups is 1. The first-order valence-electron chi connectivity index (χ1n) is 5.75. The highest BCUT2D eigenvalue weighted by atomic mass is 32.2. The van der Waals surface area contributed by atoms with Crippen LogP contribution in [0.4, 0.5) is 5.69 Å². The molecule has 6 nitrogen and oxygen atoms in total. The molecule has 0 aliphatic heterocycles. The largest absolute Gasteiger partial charge is 0.384 e. The van der Waals surface area contributed by atoms with E-state index in [9.17, 15) is 8.42 Å². The highest BCUT2D eigenvalue weighted by Gasteiger charge is 2.18. The van der Waals surface area contributed by atoms with Crippen LogP contribution >= 0.6 is 0 Å². The summed E-state index contributed by atoms with van der Waals surface area (Å²) >= 11 is 0. The molecule has 2 aromatic rings. The quantitative estimate of drug-likeness (QED) is 0.731. The average Bonchev–Trinajstić information content (AvgIpc) is 2.85. The van der Waals surface area contributed by atoms with Crippen LogP contribution in [0, 0.1) is 18.8 Å². The van der Waals surface area contributed by atoms with Gasteiger partial charge in [0, 0.05) is 11.3 Å². The zero-order valence-electron chi connectivity index (χ0n) is 10.7. The Morgan fingerprint density at radius 3 is 2.60 bits per heavy atom. The summed E-state index contributed by atoms with van der Waals surface area (Å²) in [5, 5.41) is 14.9. The molecule has 1 aromatic carbocycles. The Labute approximate surface area is 116 Å². The molecule has 0 aliphatic rings. The Morgan fingerprint density at radius 2 is 2.05 bits per heavy atom. The van der Waals surface area contributed by atoms with E-state index in [1.165, 1.54) is 6.20 Å². The predicted octanol–water partition coefficient (Wildman–Crippen LogP) is 0.863. The van der Waals surface area contributed by atoms with Crippen molar-refractivity contribution in [2.75, 3.05) is 11.3 Å². The second kappa shape index (κ2) is 5.77. The minimum absolute atomic E-state index is 0.113. The van der Waals surface area contributed by atoms with Crippen LogP contribution in [-0.2, 0) is 10.0 Å². The van der Waals surface area contributed by atoms with Crippen molar-refractivity contribution in [2.24, 2.45) is 0 Å². The number of benzene rings is 1. The van der Waals surface area contributed by atoms with Crippen LogP contribution in [0.2, 0.25) is 0 Å². The summed E-state index contributed by atoms with van der Waals surface area (Å²) in [6.45, 7) is 1.42. The first-order chi connectivity index (χ1) is 9.53. The number of hydrogen-bond acceptors (Lipinski definition) is 4. The molecule has 0 saturated heterocycles. The van der Waals surface area contributed by atoms with Crippen LogP contribution in [0.1, 0.15) is 11.3 Å². The van der Waals surface area contributed by atoms with Crippen LogP contribution in [0.5, 0.6) is 0 Å². The SMILES string of the molecule is Cc1[nH]ncc1S(=O)(=O)Nc1ccc(C#CCO)cc1. The number of sulfonamides is 1. The van der Waals surface area contributed by atoms with Crippen LogP contribution in [0.25, 0.3) is 0 Å². The number of aliphatic hydroxyl groups excluding tert-OH is 1. The number of aromatic amines is 1. The molecule has 0 saturated carbocycles. The maximum Gasteiger partial charge on any atom is 0.265 e. The third-order valence-corrected chi connectivity index (χ3v) is 4.02. The van der Waals surface area contributed by atoms with Gasteiger partial charge in [-0.05, 0) is 31.2 Å². The van der Waals surface area contributed by atoms with E-state index >= 15 is 0 Å². The molecule has 20 heavy (non-hydrogen) atoms. The standard InChI is InChI=1S/C13H13N3O3S/c1-10-13(9-14-15-10)20(18,19)16-12-6-4-11(5-7-12)3-2-8-17/h4-7,9,16-17H,8H2,1H3,(H,14,15). The Kier molecular flexibility index (Phi) is 4.08. The fourth-order valence-corrected chi connectivity index (χ4v) is 2.78. The Bertz CT molecular complexity index is 752. The van der Waals surface area contributed by atoms with Gasteiger partial charge in [-0.1, -0.05) is 11.8 Å². The lowest BCUT2D eigenvalue weighted by atomic mass is 10.2. The summed E-state index contributed by atoms with van der Waals surface area (Å²) in [6, 6.07) is 6.55. The van der Waals surface area contributed by atoms with Crippen molar-refractivity contribution >= 4 is 15.7 Å². The fourth-order valence-electron chi connectivity index (χ4n) is 1.58. The van der Waals surface area contributed by atoms with Gasteiger partial charge < -0.3 is 5.11 Å². The normalized spacial score (nSPS) is 10.7. The maximum absolute atomic E-state index is 12.1. The van der Waals surface area contributed by atoms with E-state index in [2.05, 4.69) is 26.8 Å². The molecule has 0 fully saturated rings. The van der Waals surface area contributed by atoms with E-state index in [-0.39, 0.29) is 11.5 Å². The van der Waals surface area contributed by atoms with Gasteiger partial charge in [0.05, 0.1) is 11.9 Å². The smallest absolute Gasteiger partial charge is 0.265 e. The number of nitrogens with one attached hydrogen (secondary N) is 2. The minimum atomic E-state index is -3.65. The number of nitrogens with zero attached hydrogens (tertiary/aromatic N) is 1. The summed E-state index contributed by atoms with van der Waals surface area (Å²) < 4.78 is 26.7. The molecule has 0 spiro atoms. The summed E-state index contributed by atoms with van der Waals surface area (Å²) in [7, 11) is -3.65. The molecule has 0 atom stereocenters. The van der Waals surface area contributed by atoms with E-state index in [1.54, 1.807) is 31.2 Å². The van der Waals surface area contributed by atoms with Gasteiger partial charge in [-0.2, -0.15) is 5.10 Å². The summed E-state index contributed by atoms with van der Waals surface area (Å²) in [5.74, 6) is 5.25. The molecule has 104 valence electrons. The van der Waals surface area contributed by atoms with Crippen LogP contribution in [-0.4, -0.2) is 30.3 Å². The lowest BCUT2D eigenvalue weighted by Crippen LogP contribution is -2.13. The van der Waals surface area contributed by atoms with Gasteiger partial charge in [0.15, 0.2) is 0 Å². The van der Waals surface area contributed by atoms with Crippen molar-refractivity contribution in [2.45, 2.75) is 11.8 Å². The lowest BCUT2D eigenvalue weighted by molar-refractivity contribution is 0.350. The zero-order chi connectivity index (χ0) is 14.6. The molecule has 7 heteroatoms. The van der Waals surface area contributed by atoms with Gasteiger partial charge in [-0.15, -0.1) is 0 Å². The second-order valence-corrected chi connectivity index (χ2v) is 5.65. The third kappa shape index (κ3) is 3.17. The molecular formula is C13H13N3O3S. The van der Waals surface area contributed by atoms with Crippen molar-refractivity contribution in [1.29, 1.82) is 0 Å². The van der Waals surface area contributed by atoms with Gasteiger partial charge in [-0.3, -0.25) is 9.82 Å². The van der Waals surface area contributed by atoms with E-state index in [4.69, 9.17) is 5.11 Å². The molecule has 0 amide bonds. The van der Waals surface area contributed by atoms with Gasteiger partial charge in [0.2, 0.25) is 0 Å². The molecule has 1 heterocycles. The van der Waals surface area contributed by atoms with E-state index in [0.717, 1.165) is 0 Å². The van der Waals surface area contributed by atoms with E-state index in [1.807, 2.05) is 0 Å². The Balaban J connectivity index is 2.20. The monoisotopic (exact) mass is 291 g/mol. The topological polar surface area (TPSA) is 95.1 Å². The lowest BCUT2D eigenvalue weighted by Gasteiger charge is -2.06.